The zero-order chi connectivity index (χ0) is 9.56. The van der Waals surface area contributed by atoms with Crippen LogP contribution in [0.4, 0.5) is 4.79 Å². The number of nitrogens with one attached hydrogen (secondary N) is 2. The Hall–Kier alpha value is -1.19. The molecule has 0 atom stereocenters. The maximum Gasteiger partial charge on any atom is 0.317 e. The molecular formula is C8H16N2O2. The van der Waals surface area contributed by atoms with Gasteiger partial charge in [0.2, 0.25) is 0 Å². The number of carbonyl (C=O) groups excluding carboxylic acids is 1. The molecule has 0 radical (unpaired) electrons. The molecule has 0 aromatic rings. The quantitative estimate of drug-likeness (QED) is 0.494. The van der Waals surface area contributed by atoms with Crippen molar-refractivity contribution in [2.24, 2.45) is 0 Å². The first-order valence-electron chi connectivity index (χ1n) is 3.85. The summed E-state index contributed by atoms with van der Waals surface area (Å²) < 4.78 is 4.93. The van der Waals surface area contributed by atoms with Crippen LogP contribution in [0.25, 0.3) is 0 Å². The molecule has 0 heterocycles. The summed E-state index contributed by atoms with van der Waals surface area (Å²) in [4.78, 5) is 10.9. The average molecular weight is 172 g/mol. The lowest BCUT2D eigenvalue weighted by Gasteiger charge is -2.10. The van der Waals surface area contributed by atoms with Crippen LogP contribution in [-0.2, 0) is 4.74 Å². The molecule has 0 unspecified atom stereocenters. The molecule has 0 fully saturated rings. The van der Waals surface area contributed by atoms with Crippen molar-refractivity contribution in [1.29, 1.82) is 0 Å². The third-order valence-electron chi connectivity index (χ3n) is 0.971. The van der Waals surface area contributed by atoms with Crippen molar-refractivity contribution in [3.63, 3.8) is 0 Å². The lowest BCUT2D eigenvalue weighted by atomic mass is 10.4. The lowest BCUT2D eigenvalue weighted by molar-refractivity contribution is 0.184. The Bertz CT molecular complexity index is 166. The summed E-state index contributed by atoms with van der Waals surface area (Å²) in [5, 5.41) is 5.17. The van der Waals surface area contributed by atoms with Gasteiger partial charge in [0.15, 0.2) is 6.73 Å². The van der Waals surface area contributed by atoms with Gasteiger partial charge >= 0.3 is 6.03 Å². The molecule has 0 aliphatic heterocycles. The van der Waals surface area contributed by atoms with Crippen LogP contribution in [0.2, 0.25) is 0 Å². The summed E-state index contributed by atoms with van der Waals surface area (Å²) in [6.45, 7) is 9.18. The second-order valence-electron chi connectivity index (χ2n) is 2.80. The number of hydrogen-bond acceptors (Lipinski definition) is 2. The highest BCUT2D eigenvalue weighted by Gasteiger charge is 2.00. The van der Waals surface area contributed by atoms with Gasteiger partial charge in [0, 0.05) is 6.04 Å². The van der Waals surface area contributed by atoms with Gasteiger partial charge in [-0.05, 0) is 20.8 Å². The van der Waals surface area contributed by atoms with Crippen molar-refractivity contribution in [2.45, 2.75) is 26.8 Å². The summed E-state index contributed by atoms with van der Waals surface area (Å²) in [5.74, 6) is 0.583. The number of urea groups is 1. The van der Waals surface area contributed by atoms with Gasteiger partial charge in [0.1, 0.15) is 0 Å². The van der Waals surface area contributed by atoms with Crippen LogP contribution in [0.1, 0.15) is 20.8 Å². The van der Waals surface area contributed by atoms with Crippen LogP contribution in [0, 0.1) is 0 Å². The summed E-state index contributed by atoms with van der Waals surface area (Å²) in [6.07, 6.45) is 0. The fraction of sp³-hybridized carbons (Fsp3) is 0.625. The average Bonchev–Trinajstić information content (AvgIpc) is 1.84. The van der Waals surface area contributed by atoms with Crippen LogP contribution < -0.4 is 10.6 Å². The maximum atomic E-state index is 10.9. The second-order valence-corrected chi connectivity index (χ2v) is 2.80. The van der Waals surface area contributed by atoms with E-state index in [0.29, 0.717) is 5.76 Å². The Morgan fingerprint density at radius 2 is 2.17 bits per heavy atom. The van der Waals surface area contributed by atoms with Gasteiger partial charge in [-0.2, -0.15) is 0 Å². The van der Waals surface area contributed by atoms with E-state index in [1.54, 1.807) is 6.92 Å². The normalized spacial score (nSPS) is 9.33. The maximum absolute atomic E-state index is 10.9. The molecule has 0 rings (SSSR count). The molecule has 70 valence electrons. The van der Waals surface area contributed by atoms with Crippen molar-refractivity contribution in [1.82, 2.24) is 10.6 Å². The number of rotatable bonds is 4. The molecular weight excluding hydrogens is 156 g/mol. The van der Waals surface area contributed by atoms with Gasteiger partial charge < -0.3 is 15.4 Å². The minimum atomic E-state index is -0.230. The molecule has 4 nitrogen and oxygen atoms in total. The molecule has 4 heteroatoms. The number of ether oxygens (including phenoxy) is 1. The number of amides is 2. The Morgan fingerprint density at radius 1 is 1.58 bits per heavy atom. The van der Waals surface area contributed by atoms with Crippen LogP contribution in [0.3, 0.4) is 0 Å². The molecule has 0 aromatic heterocycles. The Morgan fingerprint density at radius 3 is 2.58 bits per heavy atom. The molecule has 2 N–H and O–H groups in total. The van der Waals surface area contributed by atoms with Gasteiger partial charge in [-0.3, -0.25) is 0 Å². The minimum absolute atomic E-state index is 0.134. The predicted molar refractivity (Wildman–Crippen MR) is 47.6 cm³/mol. The summed E-state index contributed by atoms with van der Waals surface area (Å²) >= 11 is 0. The number of carbonyl (C=O) groups is 1. The third kappa shape index (κ3) is 6.92. The first-order chi connectivity index (χ1) is 5.52. The molecule has 0 aliphatic carbocycles. The standard InChI is InChI=1S/C8H16N2O2/c1-6(2)10-8(11)9-5-12-7(3)4/h6H,3,5H2,1-2,4H3,(H2,9,10,11). The largest absolute Gasteiger partial charge is 0.478 e. The number of hydrogen-bond donors (Lipinski definition) is 2. The molecule has 0 aliphatic rings. The molecule has 0 saturated heterocycles. The van der Waals surface area contributed by atoms with Gasteiger partial charge in [-0.15, -0.1) is 0 Å². The zero-order valence-electron chi connectivity index (χ0n) is 7.81. The van der Waals surface area contributed by atoms with Gasteiger partial charge in [-0.25, -0.2) is 4.79 Å². The second kappa shape index (κ2) is 5.46. The first kappa shape index (κ1) is 10.8. The molecule has 12 heavy (non-hydrogen) atoms. The first-order valence-corrected chi connectivity index (χ1v) is 3.85. The van der Waals surface area contributed by atoms with Crippen molar-refractivity contribution in [3.05, 3.63) is 12.3 Å². The Balaban J connectivity index is 3.38. The lowest BCUT2D eigenvalue weighted by Crippen LogP contribution is -2.40. The minimum Gasteiger partial charge on any atom is -0.478 e. The number of allylic oxidation sites excluding steroid dienone is 1. The third-order valence-corrected chi connectivity index (χ3v) is 0.971. The molecule has 0 spiro atoms. The summed E-state index contributed by atoms with van der Waals surface area (Å²) in [6, 6.07) is -0.0962. The van der Waals surface area contributed by atoms with E-state index in [1.165, 1.54) is 0 Å². The van der Waals surface area contributed by atoms with Gasteiger partial charge in [0.05, 0.1) is 5.76 Å². The van der Waals surface area contributed by atoms with Crippen molar-refractivity contribution in [2.75, 3.05) is 6.73 Å². The van der Waals surface area contributed by atoms with E-state index in [-0.39, 0.29) is 18.8 Å². The van der Waals surface area contributed by atoms with Crippen LogP contribution >= 0.6 is 0 Å². The fourth-order valence-corrected chi connectivity index (χ4v) is 0.538. The zero-order valence-corrected chi connectivity index (χ0v) is 7.81. The van der Waals surface area contributed by atoms with E-state index in [2.05, 4.69) is 17.2 Å². The van der Waals surface area contributed by atoms with E-state index in [0.717, 1.165) is 0 Å². The van der Waals surface area contributed by atoms with E-state index < -0.39 is 0 Å². The fourth-order valence-electron chi connectivity index (χ4n) is 0.538. The predicted octanol–water partition coefficient (Wildman–Crippen LogP) is 1.20. The van der Waals surface area contributed by atoms with Crippen molar-refractivity contribution >= 4 is 6.03 Å². The smallest absolute Gasteiger partial charge is 0.317 e. The van der Waals surface area contributed by atoms with Gasteiger partial charge in [-0.1, -0.05) is 6.58 Å². The molecule has 0 aromatic carbocycles. The van der Waals surface area contributed by atoms with E-state index in [9.17, 15) is 4.79 Å². The highest BCUT2D eigenvalue weighted by Crippen LogP contribution is 1.86. The van der Waals surface area contributed by atoms with Crippen molar-refractivity contribution in [3.8, 4) is 0 Å². The van der Waals surface area contributed by atoms with E-state index >= 15 is 0 Å². The van der Waals surface area contributed by atoms with Crippen LogP contribution in [0.15, 0.2) is 12.3 Å². The molecule has 2 amide bonds. The van der Waals surface area contributed by atoms with E-state index in [4.69, 9.17) is 4.74 Å². The molecule has 0 saturated carbocycles. The van der Waals surface area contributed by atoms with Gasteiger partial charge in [0.25, 0.3) is 0 Å². The highest BCUT2D eigenvalue weighted by molar-refractivity contribution is 5.73. The van der Waals surface area contributed by atoms with Crippen molar-refractivity contribution < 1.29 is 9.53 Å². The SMILES string of the molecule is C=C(C)OCNC(=O)NC(C)C. The molecule has 0 bridgehead atoms. The summed E-state index contributed by atoms with van der Waals surface area (Å²) in [7, 11) is 0. The topological polar surface area (TPSA) is 50.4 Å². The van der Waals surface area contributed by atoms with E-state index in [1.807, 2.05) is 13.8 Å². The Labute approximate surface area is 73.0 Å². The van der Waals surface area contributed by atoms with Crippen LogP contribution in [0.5, 0.6) is 0 Å². The summed E-state index contributed by atoms with van der Waals surface area (Å²) in [5.41, 5.74) is 0. The Kier molecular flexibility index (Phi) is 4.92. The monoisotopic (exact) mass is 172 g/mol. The highest BCUT2D eigenvalue weighted by atomic mass is 16.5. The van der Waals surface area contributed by atoms with Crippen LogP contribution in [-0.4, -0.2) is 18.8 Å².